The Morgan fingerprint density at radius 3 is 2.57 bits per heavy atom. The van der Waals surface area contributed by atoms with Gasteiger partial charge in [0.25, 0.3) is 5.91 Å². The highest BCUT2D eigenvalue weighted by molar-refractivity contribution is 7.16. The minimum atomic E-state index is -0.101. The summed E-state index contributed by atoms with van der Waals surface area (Å²) in [6.07, 6.45) is 5.77. The Balaban J connectivity index is 0.00000200. The molecular formula is C12H17Cl2N5OS. The van der Waals surface area contributed by atoms with Crippen molar-refractivity contribution in [2.45, 2.75) is 6.42 Å². The Bertz CT molecular complexity index is 537. The number of aromatic nitrogens is 3. The number of halogens is 2. The molecule has 0 aromatic carbocycles. The van der Waals surface area contributed by atoms with E-state index < -0.39 is 0 Å². The molecular weight excluding hydrogens is 333 g/mol. The van der Waals surface area contributed by atoms with E-state index in [9.17, 15) is 4.79 Å². The second-order valence-electron chi connectivity index (χ2n) is 3.82. The highest BCUT2D eigenvalue weighted by Crippen LogP contribution is 2.21. The first-order valence-electron chi connectivity index (χ1n) is 5.97. The molecule has 9 heteroatoms. The van der Waals surface area contributed by atoms with Crippen molar-refractivity contribution in [3.8, 4) is 10.8 Å². The standard InChI is InChI=1S/C12H15N5OS.2ClH/c1-13-4-2-7-16-11(18)9-8-17-12(19-9)10-14-5-3-6-15-10;;/h3,5-6,8,13H,2,4,7H2,1H3,(H,16,18);2*1H. The number of hydrogen-bond acceptors (Lipinski definition) is 6. The van der Waals surface area contributed by atoms with E-state index in [1.54, 1.807) is 24.7 Å². The molecule has 0 saturated carbocycles. The molecule has 0 aliphatic carbocycles. The van der Waals surface area contributed by atoms with Crippen LogP contribution in [0.3, 0.4) is 0 Å². The van der Waals surface area contributed by atoms with Crippen LogP contribution in [-0.2, 0) is 0 Å². The van der Waals surface area contributed by atoms with Crippen LogP contribution in [0.15, 0.2) is 24.7 Å². The lowest BCUT2D eigenvalue weighted by molar-refractivity contribution is 0.0957. The minimum Gasteiger partial charge on any atom is -0.351 e. The number of thiazole rings is 1. The van der Waals surface area contributed by atoms with Crippen molar-refractivity contribution in [3.05, 3.63) is 29.5 Å². The summed E-state index contributed by atoms with van der Waals surface area (Å²) in [7, 11) is 1.89. The molecule has 0 aliphatic rings. The molecule has 2 rings (SSSR count). The second-order valence-corrected chi connectivity index (χ2v) is 4.85. The van der Waals surface area contributed by atoms with Crippen LogP contribution in [0.1, 0.15) is 16.1 Å². The van der Waals surface area contributed by atoms with Crippen LogP contribution < -0.4 is 10.6 Å². The van der Waals surface area contributed by atoms with E-state index in [0.717, 1.165) is 13.0 Å². The molecule has 0 unspecified atom stereocenters. The van der Waals surface area contributed by atoms with Crippen LogP contribution in [-0.4, -0.2) is 41.0 Å². The summed E-state index contributed by atoms with van der Waals surface area (Å²) in [5, 5.41) is 6.53. The van der Waals surface area contributed by atoms with Gasteiger partial charge in [-0.3, -0.25) is 4.79 Å². The molecule has 0 fully saturated rings. The zero-order chi connectivity index (χ0) is 13.5. The van der Waals surface area contributed by atoms with Gasteiger partial charge in [0.1, 0.15) is 4.88 Å². The van der Waals surface area contributed by atoms with Gasteiger partial charge < -0.3 is 10.6 Å². The van der Waals surface area contributed by atoms with Gasteiger partial charge in [0.05, 0.1) is 6.20 Å². The van der Waals surface area contributed by atoms with E-state index in [1.165, 1.54) is 11.3 Å². The summed E-state index contributed by atoms with van der Waals surface area (Å²) in [5.74, 6) is 0.442. The average molecular weight is 350 g/mol. The Morgan fingerprint density at radius 2 is 1.90 bits per heavy atom. The van der Waals surface area contributed by atoms with E-state index in [-0.39, 0.29) is 30.7 Å². The fourth-order valence-corrected chi connectivity index (χ4v) is 2.23. The molecule has 6 nitrogen and oxygen atoms in total. The molecule has 2 aromatic heterocycles. The first kappa shape index (κ1) is 19.7. The third kappa shape index (κ3) is 5.92. The molecule has 0 saturated heterocycles. The molecule has 21 heavy (non-hydrogen) atoms. The maximum absolute atomic E-state index is 11.9. The zero-order valence-corrected chi connectivity index (χ0v) is 13.9. The van der Waals surface area contributed by atoms with E-state index in [4.69, 9.17) is 0 Å². The Hall–Kier alpha value is -1.28. The number of carbonyl (C=O) groups is 1. The molecule has 116 valence electrons. The van der Waals surface area contributed by atoms with E-state index in [2.05, 4.69) is 25.6 Å². The molecule has 0 spiro atoms. The topological polar surface area (TPSA) is 79.8 Å². The number of carbonyl (C=O) groups excluding carboxylic acids is 1. The molecule has 0 bridgehead atoms. The monoisotopic (exact) mass is 349 g/mol. The van der Waals surface area contributed by atoms with Gasteiger partial charge in [-0.05, 0) is 26.1 Å². The van der Waals surface area contributed by atoms with Gasteiger partial charge in [-0.1, -0.05) is 0 Å². The summed E-state index contributed by atoms with van der Waals surface area (Å²) in [4.78, 5) is 24.8. The SMILES string of the molecule is CNCCCNC(=O)c1cnc(-c2ncccn2)s1.Cl.Cl. The third-order valence-corrected chi connectivity index (χ3v) is 3.37. The van der Waals surface area contributed by atoms with E-state index in [0.29, 0.717) is 22.3 Å². The average Bonchev–Trinajstić information content (AvgIpc) is 2.94. The van der Waals surface area contributed by atoms with Gasteiger partial charge in [-0.2, -0.15) is 0 Å². The smallest absolute Gasteiger partial charge is 0.263 e. The quantitative estimate of drug-likeness (QED) is 0.777. The van der Waals surface area contributed by atoms with Gasteiger partial charge in [-0.25, -0.2) is 15.0 Å². The molecule has 2 aromatic rings. The van der Waals surface area contributed by atoms with Gasteiger partial charge in [0.15, 0.2) is 10.8 Å². The normalized spacial score (nSPS) is 9.38. The zero-order valence-electron chi connectivity index (χ0n) is 11.4. The first-order chi connectivity index (χ1) is 9.31. The Kier molecular flexibility index (Phi) is 9.81. The van der Waals surface area contributed by atoms with Crippen LogP contribution in [0.2, 0.25) is 0 Å². The van der Waals surface area contributed by atoms with E-state index >= 15 is 0 Å². The van der Waals surface area contributed by atoms with Crippen molar-refractivity contribution in [3.63, 3.8) is 0 Å². The number of nitrogens with zero attached hydrogens (tertiary/aromatic N) is 3. The van der Waals surface area contributed by atoms with Crippen LogP contribution in [0.4, 0.5) is 0 Å². The second kappa shape index (κ2) is 10.4. The first-order valence-corrected chi connectivity index (χ1v) is 6.79. The van der Waals surface area contributed by atoms with Crippen molar-refractivity contribution < 1.29 is 4.79 Å². The molecule has 2 heterocycles. The van der Waals surface area contributed by atoms with Crippen LogP contribution in [0.25, 0.3) is 10.8 Å². The van der Waals surface area contributed by atoms with E-state index in [1.807, 2.05) is 7.05 Å². The van der Waals surface area contributed by atoms with Crippen LogP contribution in [0, 0.1) is 0 Å². The summed E-state index contributed by atoms with van der Waals surface area (Å²) in [5.41, 5.74) is 0. The predicted octanol–water partition coefficient (Wildman–Crippen LogP) is 1.78. The van der Waals surface area contributed by atoms with Crippen molar-refractivity contribution in [1.29, 1.82) is 0 Å². The third-order valence-electron chi connectivity index (χ3n) is 2.38. The molecule has 2 N–H and O–H groups in total. The maximum Gasteiger partial charge on any atom is 0.263 e. The summed E-state index contributed by atoms with van der Waals surface area (Å²) >= 11 is 1.29. The minimum absolute atomic E-state index is 0. The fourth-order valence-electron chi connectivity index (χ4n) is 1.45. The number of amides is 1. The molecule has 0 atom stereocenters. The van der Waals surface area contributed by atoms with Crippen molar-refractivity contribution in [1.82, 2.24) is 25.6 Å². The predicted molar refractivity (Wildman–Crippen MR) is 88.5 cm³/mol. The lowest BCUT2D eigenvalue weighted by Gasteiger charge is -2.02. The highest BCUT2D eigenvalue weighted by atomic mass is 35.5. The number of rotatable bonds is 6. The van der Waals surface area contributed by atoms with Crippen molar-refractivity contribution in [2.24, 2.45) is 0 Å². The lowest BCUT2D eigenvalue weighted by Crippen LogP contribution is -2.25. The summed E-state index contributed by atoms with van der Waals surface area (Å²) in [6, 6.07) is 1.74. The van der Waals surface area contributed by atoms with Crippen molar-refractivity contribution in [2.75, 3.05) is 20.1 Å². The maximum atomic E-state index is 11.9. The van der Waals surface area contributed by atoms with Crippen LogP contribution >= 0.6 is 36.2 Å². The van der Waals surface area contributed by atoms with Gasteiger partial charge in [0, 0.05) is 18.9 Å². The van der Waals surface area contributed by atoms with Gasteiger partial charge in [-0.15, -0.1) is 36.2 Å². The highest BCUT2D eigenvalue weighted by Gasteiger charge is 2.12. The van der Waals surface area contributed by atoms with Crippen molar-refractivity contribution >= 4 is 42.1 Å². The van der Waals surface area contributed by atoms with Gasteiger partial charge in [0.2, 0.25) is 0 Å². The number of nitrogens with one attached hydrogen (secondary N) is 2. The molecule has 0 aliphatic heterocycles. The lowest BCUT2D eigenvalue weighted by atomic mass is 10.4. The molecule has 1 amide bonds. The largest absolute Gasteiger partial charge is 0.351 e. The number of hydrogen-bond donors (Lipinski definition) is 2. The molecule has 0 radical (unpaired) electrons. The fraction of sp³-hybridized carbons (Fsp3) is 0.333. The Morgan fingerprint density at radius 1 is 1.19 bits per heavy atom. The summed E-state index contributed by atoms with van der Waals surface area (Å²) in [6.45, 7) is 1.53. The van der Waals surface area contributed by atoms with Gasteiger partial charge >= 0.3 is 0 Å². The van der Waals surface area contributed by atoms with Crippen LogP contribution in [0.5, 0.6) is 0 Å². The Labute approximate surface area is 139 Å². The summed E-state index contributed by atoms with van der Waals surface area (Å²) < 4.78 is 0.